The van der Waals surface area contributed by atoms with Crippen LogP contribution in [0, 0.1) is 13.8 Å². The predicted octanol–water partition coefficient (Wildman–Crippen LogP) is 2.56. The first-order chi connectivity index (χ1) is 14.2. The number of nitrogens with zero attached hydrogens (tertiary/aromatic N) is 2. The van der Waals surface area contributed by atoms with E-state index in [-0.39, 0.29) is 16.8 Å². The molecule has 0 aliphatic heterocycles. The fourth-order valence-corrected chi connectivity index (χ4v) is 2.99. The van der Waals surface area contributed by atoms with Crippen molar-refractivity contribution in [1.29, 1.82) is 0 Å². The van der Waals surface area contributed by atoms with Crippen LogP contribution in [-0.4, -0.2) is 27.3 Å². The number of anilines is 2. The summed E-state index contributed by atoms with van der Waals surface area (Å²) in [5, 5.41) is 2.59. The van der Waals surface area contributed by atoms with Gasteiger partial charge in [-0.2, -0.15) is 0 Å². The van der Waals surface area contributed by atoms with E-state index in [1.165, 1.54) is 17.7 Å². The molecule has 1 amide bonds. The lowest BCUT2D eigenvalue weighted by Gasteiger charge is -2.13. The Morgan fingerprint density at radius 3 is 2.40 bits per heavy atom. The highest BCUT2D eigenvalue weighted by atomic mass is 16.5. The molecule has 0 spiro atoms. The second-order valence-electron chi connectivity index (χ2n) is 7.04. The summed E-state index contributed by atoms with van der Waals surface area (Å²) in [7, 11) is 1.73. The highest BCUT2D eigenvalue weighted by Gasteiger charge is 2.23. The van der Waals surface area contributed by atoms with Crippen molar-refractivity contribution in [1.82, 2.24) is 9.36 Å². The molecule has 0 saturated carbocycles. The van der Waals surface area contributed by atoms with Crippen LogP contribution in [0.25, 0.3) is 5.69 Å². The summed E-state index contributed by atoms with van der Waals surface area (Å²) in [6.07, 6.45) is -1.11. The van der Waals surface area contributed by atoms with Crippen LogP contribution in [0.4, 0.5) is 11.4 Å². The number of aromatic nitrogens is 2. The molecule has 0 aliphatic carbocycles. The highest BCUT2D eigenvalue weighted by molar-refractivity contribution is 5.97. The Bertz CT molecular complexity index is 1160. The number of para-hydroxylation sites is 1. The van der Waals surface area contributed by atoms with E-state index in [1.54, 1.807) is 42.9 Å². The molecule has 8 heteroatoms. The highest BCUT2D eigenvalue weighted by Crippen LogP contribution is 2.16. The Balaban J connectivity index is 1.78. The first kappa shape index (κ1) is 20.9. The van der Waals surface area contributed by atoms with Crippen molar-refractivity contribution in [3.8, 4) is 5.69 Å². The van der Waals surface area contributed by atoms with Gasteiger partial charge in [-0.1, -0.05) is 24.3 Å². The van der Waals surface area contributed by atoms with Gasteiger partial charge in [0.15, 0.2) is 6.10 Å². The van der Waals surface area contributed by atoms with Gasteiger partial charge >= 0.3 is 5.97 Å². The average molecular weight is 408 g/mol. The monoisotopic (exact) mass is 408 g/mol. The number of nitrogen functional groups attached to an aromatic ring is 1. The summed E-state index contributed by atoms with van der Waals surface area (Å²) in [6, 6.07) is 13.9. The number of nitrogens with one attached hydrogen (secondary N) is 1. The standard InChI is InChI=1S/C22H24N4O4/c1-13-10-11-16(12-18(13)23)22(29)30-15(3)20(27)24-19-14(2)25(4)26(21(19)28)17-8-6-5-7-9-17/h5-12,15H,23H2,1-4H3,(H,24,27). The molecule has 1 aromatic heterocycles. The maximum atomic E-state index is 12.9. The Morgan fingerprint density at radius 2 is 1.77 bits per heavy atom. The van der Waals surface area contributed by atoms with Crippen molar-refractivity contribution in [3.05, 3.63) is 75.7 Å². The molecule has 3 rings (SSSR count). The van der Waals surface area contributed by atoms with Crippen LogP contribution >= 0.6 is 0 Å². The molecule has 8 nitrogen and oxygen atoms in total. The number of hydrogen-bond donors (Lipinski definition) is 2. The van der Waals surface area contributed by atoms with Crippen molar-refractivity contribution in [3.63, 3.8) is 0 Å². The molecule has 1 heterocycles. The topological polar surface area (TPSA) is 108 Å². The Kier molecular flexibility index (Phi) is 5.77. The number of nitrogens with two attached hydrogens (primary N) is 1. The maximum absolute atomic E-state index is 12.9. The largest absolute Gasteiger partial charge is 0.449 e. The molecule has 0 bridgehead atoms. The van der Waals surface area contributed by atoms with Gasteiger partial charge in [-0.05, 0) is 50.6 Å². The van der Waals surface area contributed by atoms with Crippen molar-refractivity contribution in [2.75, 3.05) is 11.1 Å². The molecule has 0 fully saturated rings. The number of benzene rings is 2. The van der Waals surface area contributed by atoms with Crippen LogP contribution in [0.5, 0.6) is 0 Å². The molecule has 156 valence electrons. The lowest BCUT2D eigenvalue weighted by atomic mass is 10.1. The predicted molar refractivity (Wildman–Crippen MR) is 115 cm³/mol. The first-order valence-corrected chi connectivity index (χ1v) is 9.42. The van der Waals surface area contributed by atoms with Gasteiger partial charge in [0.05, 0.1) is 16.9 Å². The second kappa shape index (κ2) is 8.28. The van der Waals surface area contributed by atoms with Crippen LogP contribution < -0.4 is 16.6 Å². The maximum Gasteiger partial charge on any atom is 0.338 e. The number of rotatable bonds is 5. The van der Waals surface area contributed by atoms with Crippen LogP contribution in [0.2, 0.25) is 0 Å². The normalized spacial score (nSPS) is 11.7. The molecule has 30 heavy (non-hydrogen) atoms. The Hall–Kier alpha value is -3.81. The van der Waals surface area contributed by atoms with Gasteiger partial charge in [-0.25, -0.2) is 9.48 Å². The van der Waals surface area contributed by atoms with Gasteiger partial charge < -0.3 is 15.8 Å². The van der Waals surface area contributed by atoms with E-state index in [2.05, 4.69) is 5.32 Å². The number of amides is 1. The summed E-state index contributed by atoms with van der Waals surface area (Å²) in [5.74, 6) is -1.27. The number of hydrogen-bond acceptors (Lipinski definition) is 5. The van der Waals surface area contributed by atoms with Crippen LogP contribution in [-0.2, 0) is 16.6 Å². The number of carbonyl (C=O) groups excluding carboxylic acids is 2. The summed E-state index contributed by atoms with van der Waals surface area (Å²) in [5.41, 5.74) is 8.37. The molecule has 2 aromatic carbocycles. The van der Waals surface area contributed by atoms with Crippen molar-refractivity contribution < 1.29 is 14.3 Å². The van der Waals surface area contributed by atoms with E-state index < -0.39 is 18.0 Å². The number of carbonyl (C=O) groups is 2. The van der Waals surface area contributed by atoms with Gasteiger partial charge in [0.25, 0.3) is 11.5 Å². The Morgan fingerprint density at radius 1 is 1.10 bits per heavy atom. The van der Waals surface area contributed by atoms with Gasteiger partial charge in [0.2, 0.25) is 0 Å². The summed E-state index contributed by atoms with van der Waals surface area (Å²) in [4.78, 5) is 37.8. The number of aryl methyl sites for hydroxylation is 1. The molecule has 3 N–H and O–H groups in total. The summed E-state index contributed by atoms with van der Waals surface area (Å²) in [6.45, 7) is 4.99. The van der Waals surface area contributed by atoms with Crippen molar-refractivity contribution >= 4 is 23.3 Å². The van der Waals surface area contributed by atoms with Crippen LogP contribution in [0.15, 0.2) is 53.3 Å². The van der Waals surface area contributed by atoms with E-state index in [1.807, 2.05) is 25.1 Å². The number of esters is 1. The minimum Gasteiger partial charge on any atom is -0.449 e. The third kappa shape index (κ3) is 3.98. The van der Waals surface area contributed by atoms with E-state index in [4.69, 9.17) is 10.5 Å². The minimum atomic E-state index is -1.11. The van der Waals surface area contributed by atoms with Gasteiger partial charge in [0, 0.05) is 12.7 Å². The average Bonchev–Trinajstić information content (AvgIpc) is 2.93. The molecule has 0 saturated heterocycles. The van der Waals surface area contributed by atoms with Gasteiger partial charge in [0.1, 0.15) is 5.69 Å². The molecular formula is C22H24N4O4. The lowest BCUT2D eigenvalue weighted by Crippen LogP contribution is -2.32. The fourth-order valence-electron chi connectivity index (χ4n) is 2.99. The van der Waals surface area contributed by atoms with E-state index in [0.717, 1.165) is 5.56 Å². The van der Waals surface area contributed by atoms with Gasteiger partial charge in [-0.3, -0.25) is 14.3 Å². The zero-order valence-corrected chi connectivity index (χ0v) is 17.3. The zero-order valence-electron chi connectivity index (χ0n) is 17.3. The van der Waals surface area contributed by atoms with E-state index >= 15 is 0 Å². The van der Waals surface area contributed by atoms with E-state index in [0.29, 0.717) is 17.1 Å². The van der Waals surface area contributed by atoms with Gasteiger partial charge in [-0.15, -0.1) is 0 Å². The molecule has 1 unspecified atom stereocenters. The quantitative estimate of drug-likeness (QED) is 0.498. The third-order valence-corrected chi connectivity index (χ3v) is 4.97. The summed E-state index contributed by atoms with van der Waals surface area (Å²) < 4.78 is 8.35. The SMILES string of the molecule is Cc1ccc(C(=O)OC(C)C(=O)Nc2c(C)n(C)n(-c3ccccc3)c2=O)cc1N. The molecule has 1 atom stereocenters. The smallest absolute Gasteiger partial charge is 0.338 e. The van der Waals surface area contributed by atoms with Crippen LogP contribution in [0.1, 0.15) is 28.5 Å². The minimum absolute atomic E-state index is 0.133. The number of ether oxygens (including phenoxy) is 1. The summed E-state index contributed by atoms with van der Waals surface area (Å²) >= 11 is 0. The molecule has 0 radical (unpaired) electrons. The zero-order chi connectivity index (χ0) is 22.0. The first-order valence-electron chi connectivity index (χ1n) is 9.42. The second-order valence-corrected chi connectivity index (χ2v) is 7.04. The Labute approximate surface area is 173 Å². The van der Waals surface area contributed by atoms with Crippen LogP contribution in [0.3, 0.4) is 0 Å². The molecule has 0 aliphatic rings. The molecular weight excluding hydrogens is 384 g/mol. The lowest BCUT2D eigenvalue weighted by molar-refractivity contribution is -0.123. The van der Waals surface area contributed by atoms with Crippen molar-refractivity contribution in [2.45, 2.75) is 26.9 Å². The molecule has 3 aromatic rings. The van der Waals surface area contributed by atoms with Crippen molar-refractivity contribution in [2.24, 2.45) is 7.05 Å². The third-order valence-electron chi connectivity index (χ3n) is 4.97. The fraction of sp³-hybridized carbons (Fsp3) is 0.227. The van der Waals surface area contributed by atoms with E-state index in [9.17, 15) is 14.4 Å².